The summed E-state index contributed by atoms with van der Waals surface area (Å²) in [5.74, 6) is 1.13. The number of esters is 1. The molecule has 0 spiro atoms. The SMILES string of the molecule is COC(=O)C12C(=O)CC3CC1C2C3. The fourth-order valence-corrected chi connectivity index (χ4v) is 3.65. The van der Waals surface area contributed by atoms with Crippen LogP contribution in [0.3, 0.4) is 0 Å². The van der Waals surface area contributed by atoms with Gasteiger partial charge >= 0.3 is 5.97 Å². The lowest BCUT2D eigenvalue weighted by atomic mass is 9.75. The average Bonchev–Trinajstić information content (AvgIpc) is 2.61. The second-order valence-electron chi connectivity index (χ2n) is 4.54. The van der Waals surface area contributed by atoms with Gasteiger partial charge in [-0.15, -0.1) is 0 Å². The Kier molecular flexibility index (Phi) is 1.14. The summed E-state index contributed by atoms with van der Waals surface area (Å²) in [6.07, 6.45) is 2.76. The first-order chi connectivity index (χ1) is 6.21. The fourth-order valence-electron chi connectivity index (χ4n) is 3.65. The maximum Gasteiger partial charge on any atom is 0.319 e. The van der Waals surface area contributed by atoms with Crippen LogP contribution in [0.25, 0.3) is 0 Å². The highest BCUT2D eigenvalue weighted by molar-refractivity contribution is 6.09. The van der Waals surface area contributed by atoms with Crippen LogP contribution in [0.15, 0.2) is 0 Å². The first-order valence-corrected chi connectivity index (χ1v) is 4.83. The van der Waals surface area contributed by atoms with Gasteiger partial charge in [-0.05, 0) is 30.6 Å². The lowest BCUT2D eigenvalue weighted by Crippen LogP contribution is -2.38. The number of hydrogen-bond acceptors (Lipinski definition) is 3. The summed E-state index contributed by atoms with van der Waals surface area (Å²) in [7, 11) is 1.38. The largest absolute Gasteiger partial charge is 0.468 e. The number of carbonyl (C=O) groups excluding carboxylic acids is 2. The zero-order valence-electron chi connectivity index (χ0n) is 7.58. The van der Waals surface area contributed by atoms with Gasteiger partial charge in [-0.1, -0.05) is 0 Å². The summed E-state index contributed by atoms with van der Waals surface area (Å²) in [6, 6.07) is 0. The molecule has 0 heterocycles. The highest BCUT2D eigenvalue weighted by Crippen LogP contribution is 2.74. The van der Waals surface area contributed by atoms with Gasteiger partial charge < -0.3 is 4.74 Å². The molecule has 0 saturated heterocycles. The molecule has 4 rings (SSSR count). The van der Waals surface area contributed by atoms with Crippen molar-refractivity contribution in [2.24, 2.45) is 23.2 Å². The molecule has 3 heteroatoms. The second kappa shape index (κ2) is 1.97. The zero-order valence-corrected chi connectivity index (χ0v) is 7.58. The molecule has 4 fully saturated rings. The monoisotopic (exact) mass is 180 g/mol. The van der Waals surface area contributed by atoms with Crippen LogP contribution in [0.2, 0.25) is 0 Å². The van der Waals surface area contributed by atoms with Crippen molar-refractivity contribution in [1.29, 1.82) is 0 Å². The second-order valence-corrected chi connectivity index (χ2v) is 4.54. The van der Waals surface area contributed by atoms with Crippen LogP contribution >= 0.6 is 0 Å². The quantitative estimate of drug-likeness (QED) is 0.442. The highest BCUT2D eigenvalue weighted by atomic mass is 16.5. The number of Topliss-reactive ketones (excluding diaryl/α,β-unsaturated/α-hetero) is 1. The Hall–Kier alpha value is -0.860. The molecule has 0 amide bonds. The van der Waals surface area contributed by atoms with Crippen molar-refractivity contribution in [1.82, 2.24) is 0 Å². The number of hydrogen-bond donors (Lipinski definition) is 0. The van der Waals surface area contributed by atoms with Crippen molar-refractivity contribution in [3.8, 4) is 0 Å². The maximum absolute atomic E-state index is 11.7. The van der Waals surface area contributed by atoms with Gasteiger partial charge in [0.1, 0.15) is 5.41 Å². The molecule has 13 heavy (non-hydrogen) atoms. The van der Waals surface area contributed by atoms with Crippen LogP contribution in [0, 0.1) is 23.2 Å². The summed E-state index contributed by atoms with van der Waals surface area (Å²) in [6.45, 7) is 0. The Balaban J connectivity index is 2.00. The van der Waals surface area contributed by atoms with E-state index in [-0.39, 0.29) is 11.8 Å². The van der Waals surface area contributed by atoms with Gasteiger partial charge in [-0.3, -0.25) is 9.59 Å². The predicted molar refractivity (Wildman–Crippen MR) is 43.8 cm³/mol. The molecule has 0 aromatic rings. The van der Waals surface area contributed by atoms with Gasteiger partial charge in [-0.2, -0.15) is 0 Å². The van der Waals surface area contributed by atoms with E-state index in [4.69, 9.17) is 4.74 Å². The molecule has 3 nitrogen and oxygen atoms in total. The predicted octanol–water partition coefficient (Wildman–Crippen LogP) is 0.775. The summed E-state index contributed by atoms with van der Waals surface area (Å²) >= 11 is 0. The molecule has 0 aliphatic heterocycles. The summed E-state index contributed by atoms with van der Waals surface area (Å²) in [5.41, 5.74) is -0.663. The Morgan fingerprint density at radius 1 is 1.46 bits per heavy atom. The minimum atomic E-state index is -0.663. The van der Waals surface area contributed by atoms with E-state index < -0.39 is 5.41 Å². The van der Waals surface area contributed by atoms with Crippen molar-refractivity contribution in [2.75, 3.05) is 7.11 Å². The molecule has 2 unspecified atom stereocenters. The van der Waals surface area contributed by atoms with Crippen LogP contribution in [0.4, 0.5) is 0 Å². The highest BCUT2D eigenvalue weighted by Gasteiger charge is 2.79. The van der Waals surface area contributed by atoms with E-state index in [0.717, 1.165) is 12.8 Å². The van der Waals surface area contributed by atoms with E-state index in [2.05, 4.69) is 0 Å². The van der Waals surface area contributed by atoms with Crippen LogP contribution in [-0.4, -0.2) is 18.9 Å². The van der Waals surface area contributed by atoms with Crippen LogP contribution in [0.5, 0.6) is 0 Å². The van der Waals surface area contributed by atoms with Gasteiger partial charge in [-0.25, -0.2) is 0 Å². The van der Waals surface area contributed by atoms with Crippen LogP contribution < -0.4 is 0 Å². The molecule has 4 aliphatic rings. The number of ketones is 1. The molecule has 2 atom stereocenters. The van der Waals surface area contributed by atoms with Crippen molar-refractivity contribution >= 4 is 11.8 Å². The van der Waals surface area contributed by atoms with E-state index in [0.29, 0.717) is 24.2 Å². The Morgan fingerprint density at radius 2 is 2.08 bits per heavy atom. The molecule has 0 aromatic carbocycles. The molecule has 70 valence electrons. The fraction of sp³-hybridized carbons (Fsp3) is 0.800. The van der Waals surface area contributed by atoms with E-state index in [1.165, 1.54) is 7.11 Å². The third kappa shape index (κ3) is 0.607. The number of rotatable bonds is 1. The van der Waals surface area contributed by atoms with Crippen molar-refractivity contribution in [3.05, 3.63) is 0 Å². The van der Waals surface area contributed by atoms with Crippen molar-refractivity contribution in [2.45, 2.75) is 19.3 Å². The van der Waals surface area contributed by atoms with Crippen LogP contribution in [0.1, 0.15) is 19.3 Å². The van der Waals surface area contributed by atoms with Crippen LogP contribution in [-0.2, 0) is 14.3 Å². The molecule has 0 radical (unpaired) electrons. The number of carbonyl (C=O) groups is 2. The van der Waals surface area contributed by atoms with E-state index >= 15 is 0 Å². The zero-order chi connectivity index (χ0) is 9.22. The normalized spacial score (nSPS) is 50.5. The summed E-state index contributed by atoms with van der Waals surface area (Å²) in [4.78, 5) is 23.2. The lowest BCUT2D eigenvalue weighted by Gasteiger charge is -2.27. The molecule has 4 saturated carbocycles. The minimum Gasteiger partial charge on any atom is -0.468 e. The van der Waals surface area contributed by atoms with E-state index in [1.54, 1.807) is 0 Å². The number of fused-ring (bicyclic) bond motifs is 1. The van der Waals surface area contributed by atoms with Gasteiger partial charge in [0.25, 0.3) is 0 Å². The average molecular weight is 180 g/mol. The Labute approximate surface area is 76.4 Å². The molecule has 0 N–H and O–H groups in total. The van der Waals surface area contributed by atoms with Gasteiger partial charge in [0.05, 0.1) is 7.11 Å². The molecule has 4 aliphatic carbocycles. The smallest absolute Gasteiger partial charge is 0.319 e. The minimum absolute atomic E-state index is 0.150. The number of methoxy groups -OCH3 is 1. The molecule has 0 aromatic heterocycles. The standard InChI is InChI=1S/C10H12O3/c1-13-9(12)10-6-2-5(3-7(6)10)4-8(10)11/h5-7H,2-4H2,1H3. The van der Waals surface area contributed by atoms with Crippen molar-refractivity contribution < 1.29 is 14.3 Å². The van der Waals surface area contributed by atoms with Crippen molar-refractivity contribution in [3.63, 3.8) is 0 Å². The Bertz CT molecular complexity index is 285. The van der Waals surface area contributed by atoms with Gasteiger partial charge in [0, 0.05) is 6.42 Å². The van der Waals surface area contributed by atoms with E-state index in [9.17, 15) is 9.59 Å². The molecular formula is C10H12O3. The third-order valence-corrected chi connectivity index (χ3v) is 4.18. The first-order valence-electron chi connectivity index (χ1n) is 4.83. The van der Waals surface area contributed by atoms with Gasteiger partial charge in [0.15, 0.2) is 5.78 Å². The number of ether oxygens (including phenoxy) is 1. The topological polar surface area (TPSA) is 43.4 Å². The third-order valence-electron chi connectivity index (χ3n) is 4.18. The van der Waals surface area contributed by atoms with Gasteiger partial charge in [0.2, 0.25) is 0 Å². The first kappa shape index (κ1) is 7.54. The lowest BCUT2D eigenvalue weighted by molar-refractivity contribution is -0.155. The van der Waals surface area contributed by atoms with E-state index in [1.807, 2.05) is 0 Å². The Morgan fingerprint density at radius 3 is 2.54 bits per heavy atom. The summed E-state index contributed by atoms with van der Waals surface area (Å²) < 4.78 is 4.74. The molecular weight excluding hydrogens is 168 g/mol. The summed E-state index contributed by atoms with van der Waals surface area (Å²) in [5, 5.41) is 0. The maximum atomic E-state index is 11.7. The molecule has 4 bridgehead atoms.